The zero-order valence-corrected chi connectivity index (χ0v) is 27.3. The van der Waals surface area contributed by atoms with E-state index < -0.39 is 0 Å². The second kappa shape index (κ2) is 12.4. The van der Waals surface area contributed by atoms with Gasteiger partial charge in [0.2, 0.25) is 0 Å². The third-order valence-corrected chi connectivity index (χ3v) is 10.1. The van der Waals surface area contributed by atoms with Gasteiger partial charge in [-0.05, 0) is 63.7 Å². The summed E-state index contributed by atoms with van der Waals surface area (Å²) in [5.74, 6) is 1.96. The Morgan fingerprint density at radius 1 is 0.265 bits per heavy atom. The molecule has 230 valence electrons. The maximum atomic E-state index is 5.06. The maximum Gasteiger partial charge on any atom is 0.164 e. The van der Waals surface area contributed by atoms with Gasteiger partial charge in [-0.25, -0.2) is 15.0 Å². The lowest BCUT2D eigenvalue weighted by atomic mass is 9.99. The third kappa shape index (κ3) is 5.69. The number of nitrogens with zero attached hydrogens (tertiary/aromatic N) is 3. The number of aromatic nitrogens is 3. The third-order valence-electron chi connectivity index (χ3n) is 8.97. The molecule has 3 nitrogen and oxygen atoms in total. The van der Waals surface area contributed by atoms with Crippen LogP contribution in [0, 0.1) is 0 Å². The van der Waals surface area contributed by atoms with E-state index in [9.17, 15) is 0 Å². The molecule has 0 aliphatic heterocycles. The zero-order valence-electron chi connectivity index (χ0n) is 26.5. The Kier molecular flexibility index (Phi) is 7.34. The first-order chi connectivity index (χ1) is 24.2. The van der Waals surface area contributed by atoms with Crippen molar-refractivity contribution in [2.45, 2.75) is 0 Å². The highest BCUT2D eigenvalue weighted by Crippen LogP contribution is 2.38. The summed E-state index contributed by atoms with van der Waals surface area (Å²) in [6.45, 7) is 0. The summed E-state index contributed by atoms with van der Waals surface area (Å²) in [7, 11) is 0. The first-order valence-electron chi connectivity index (χ1n) is 16.4. The highest BCUT2D eigenvalue weighted by atomic mass is 32.1. The van der Waals surface area contributed by atoms with E-state index in [0.717, 1.165) is 22.3 Å². The van der Waals surface area contributed by atoms with Crippen LogP contribution in [0.4, 0.5) is 0 Å². The quantitative estimate of drug-likeness (QED) is 0.181. The second-order valence-corrected chi connectivity index (χ2v) is 13.2. The molecular formula is C45H29N3S. The summed E-state index contributed by atoms with van der Waals surface area (Å²) in [4.78, 5) is 15.1. The van der Waals surface area contributed by atoms with E-state index in [-0.39, 0.29) is 0 Å². The molecular weight excluding hydrogens is 615 g/mol. The van der Waals surface area contributed by atoms with Crippen molar-refractivity contribution in [2.24, 2.45) is 0 Å². The van der Waals surface area contributed by atoms with Crippen molar-refractivity contribution in [1.82, 2.24) is 15.0 Å². The molecule has 0 atom stereocenters. The summed E-state index contributed by atoms with van der Waals surface area (Å²) in [5, 5.41) is 2.45. The molecule has 7 aromatic carbocycles. The van der Waals surface area contributed by atoms with Crippen LogP contribution in [0.25, 0.3) is 87.7 Å². The number of fused-ring (bicyclic) bond motifs is 3. The summed E-state index contributed by atoms with van der Waals surface area (Å²) in [6, 6.07) is 61.7. The average molecular weight is 644 g/mol. The van der Waals surface area contributed by atoms with Crippen molar-refractivity contribution in [2.75, 3.05) is 0 Å². The smallest absolute Gasteiger partial charge is 0.164 e. The molecule has 0 fully saturated rings. The van der Waals surface area contributed by atoms with Crippen molar-refractivity contribution in [3.05, 3.63) is 176 Å². The molecule has 49 heavy (non-hydrogen) atoms. The fraction of sp³-hybridized carbons (Fsp3) is 0. The van der Waals surface area contributed by atoms with Crippen LogP contribution < -0.4 is 0 Å². The molecule has 2 aromatic heterocycles. The van der Waals surface area contributed by atoms with Gasteiger partial charge in [0.15, 0.2) is 17.5 Å². The van der Waals surface area contributed by atoms with Gasteiger partial charge in [0.25, 0.3) is 0 Å². The highest BCUT2D eigenvalue weighted by molar-refractivity contribution is 7.25. The Morgan fingerprint density at radius 2 is 0.571 bits per heavy atom. The molecule has 0 amide bonds. The molecule has 9 aromatic rings. The molecule has 0 spiro atoms. The van der Waals surface area contributed by atoms with E-state index in [0.29, 0.717) is 17.5 Å². The van der Waals surface area contributed by atoms with Gasteiger partial charge in [-0.15, -0.1) is 11.3 Å². The standard InChI is InChI=1S/C45H29N3S/c1-4-10-30(11-5-1)32-16-18-33(19-17-32)34-20-22-36(23-21-34)44-46-43(35-14-8-3-9-15-35)47-45(48-44)38-25-27-42-40(29-38)39-28-37(24-26-41(39)49-42)31-12-6-2-7-13-31/h1-29H. The Hall–Kier alpha value is -6.23. The van der Waals surface area contributed by atoms with Crippen molar-refractivity contribution >= 4 is 31.5 Å². The average Bonchev–Trinajstić information content (AvgIpc) is 3.56. The van der Waals surface area contributed by atoms with E-state index >= 15 is 0 Å². The Balaban J connectivity index is 1.11. The summed E-state index contributed by atoms with van der Waals surface area (Å²) in [5.41, 5.74) is 10.0. The van der Waals surface area contributed by atoms with Crippen LogP contribution in [0.5, 0.6) is 0 Å². The molecule has 2 heterocycles. The van der Waals surface area contributed by atoms with Crippen LogP contribution in [0.15, 0.2) is 176 Å². The van der Waals surface area contributed by atoms with E-state index in [1.807, 2.05) is 47.7 Å². The number of thiophene rings is 1. The van der Waals surface area contributed by atoms with Crippen molar-refractivity contribution in [3.8, 4) is 67.5 Å². The number of hydrogen-bond acceptors (Lipinski definition) is 4. The molecule has 0 saturated carbocycles. The van der Waals surface area contributed by atoms with Gasteiger partial charge in [-0.3, -0.25) is 0 Å². The topological polar surface area (TPSA) is 38.7 Å². The van der Waals surface area contributed by atoms with Gasteiger partial charge in [0.05, 0.1) is 0 Å². The lowest BCUT2D eigenvalue weighted by molar-refractivity contribution is 1.07. The van der Waals surface area contributed by atoms with Gasteiger partial charge in [0, 0.05) is 36.9 Å². The molecule has 0 radical (unpaired) electrons. The van der Waals surface area contributed by atoms with Crippen LogP contribution in [-0.4, -0.2) is 15.0 Å². The second-order valence-electron chi connectivity index (χ2n) is 12.1. The Bertz CT molecular complexity index is 2560. The minimum atomic E-state index is 0.650. The summed E-state index contributed by atoms with van der Waals surface area (Å²) in [6.07, 6.45) is 0. The van der Waals surface area contributed by atoms with E-state index in [1.165, 1.54) is 48.0 Å². The van der Waals surface area contributed by atoms with Crippen LogP contribution in [0.2, 0.25) is 0 Å². The van der Waals surface area contributed by atoms with Gasteiger partial charge in [-0.2, -0.15) is 0 Å². The SMILES string of the molecule is c1ccc(-c2ccc(-c3ccc(-c4nc(-c5ccccc5)nc(-c5ccc6sc7ccc(-c8ccccc8)cc7c6c5)n4)cc3)cc2)cc1. The predicted molar refractivity (Wildman–Crippen MR) is 205 cm³/mol. The van der Waals surface area contributed by atoms with E-state index in [1.54, 1.807) is 0 Å². The van der Waals surface area contributed by atoms with Crippen molar-refractivity contribution < 1.29 is 0 Å². The molecule has 0 N–H and O–H groups in total. The fourth-order valence-corrected chi connectivity index (χ4v) is 7.44. The van der Waals surface area contributed by atoms with Crippen LogP contribution in [0.3, 0.4) is 0 Å². The molecule has 4 heteroatoms. The summed E-state index contributed by atoms with van der Waals surface area (Å²) < 4.78 is 2.51. The van der Waals surface area contributed by atoms with Gasteiger partial charge < -0.3 is 0 Å². The molecule has 0 aliphatic carbocycles. The molecule has 9 rings (SSSR count). The lowest BCUT2D eigenvalue weighted by Gasteiger charge is -2.10. The fourth-order valence-electron chi connectivity index (χ4n) is 6.37. The molecule has 0 bridgehead atoms. The monoisotopic (exact) mass is 643 g/mol. The Morgan fingerprint density at radius 3 is 1.06 bits per heavy atom. The van der Waals surface area contributed by atoms with Crippen molar-refractivity contribution in [3.63, 3.8) is 0 Å². The van der Waals surface area contributed by atoms with E-state index in [4.69, 9.17) is 15.0 Å². The van der Waals surface area contributed by atoms with E-state index in [2.05, 4.69) is 140 Å². The highest BCUT2D eigenvalue weighted by Gasteiger charge is 2.15. The number of hydrogen-bond donors (Lipinski definition) is 0. The van der Waals surface area contributed by atoms with Crippen molar-refractivity contribution in [1.29, 1.82) is 0 Å². The van der Waals surface area contributed by atoms with Gasteiger partial charge in [0.1, 0.15) is 0 Å². The van der Waals surface area contributed by atoms with Crippen LogP contribution in [-0.2, 0) is 0 Å². The van der Waals surface area contributed by atoms with Gasteiger partial charge >= 0.3 is 0 Å². The first kappa shape index (κ1) is 29.0. The van der Waals surface area contributed by atoms with Crippen LogP contribution >= 0.6 is 11.3 Å². The predicted octanol–water partition coefficient (Wildman–Crippen LogP) is 12.2. The molecule has 0 unspecified atom stereocenters. The van der Waals surface area contributed by atoms with Gasteiger partial charge in [-0.1, -0.05) is 146 Å². The zero-order chi connectivity index (χ0) is 32.6. The first-order valence-corrected chi connectivity index (χ1v) is 17.2. The Labute approximate surface area is 288 Å². The molecule has 0 aliphatic rings. The number of benzene rings is 7. The minimum Gasteiger partial charge on any atom is -0.208 e. The largest absolute Gasteiger partial charge is 0.208 e. The minimum absolute atomic E-state index is 0.650. The normalized spacial score (nSPS) is 11.3. The number of rotatable bonds is 6. The van der Waals surface area contributed by atoms with Crippen LogP contribution in [0.1, 0.15) is 0 Å². The molecule has 0 saturated heterocycles. The maximum absolute atomic E-state index is 5.06. The summed E-state index contributed by atoms with van der Waals surface area (Å²) >= 11 is 1.82. The lowest BCUT2D eigenvalue weighted by Crippen LogP contribution is -2.00.